The third-order valence-corrected chi connectivity index (χ3v) is 2.04. The predicted molar refractivity (Wildman–Crippen MR) is 45.2 cm³/mol. The van der Waals surface area contributed by atoms with Crippen LogP contribution in [0, 0.1) is 0 Å². The molecule has 0 heterocycles. The number of rotatable bonds is 3. The van der Waals surface area contributed by atoms with Crippen molar-refractivity contribution in [3.63, 3.8) is 0 Å². The van der Waals surface area contributed by atoms with Crippen LogP contribution in [0.2, 0.25) is 0 Å². The zero-order valence-electron chi connectivity index (χ0n) is 6.97. The van der Waals surface area contributed by atoms with Gasteiger partial charge in [-0.1, -0.05) is 11.6 Å². The Bertz CT molecular complexity index is 182. The lowest BCUT2D eigenvalue weighted by atomic mass is 10.1. The maximum Gasteiger partial charge on any atom is 0.153 e. The van der Waals surface area contributed by atoms with Crippen molar-refractivity contribution in [3.05, 3.63) is 11.6 Å². The average molecular weight is 153 g/mol. The Hall–Kier alpha value is -0.630. The van der Waals surface area contributed by atoms with E-state index in [9.17, 15) is 4.79 Å². The summed E-state index contributed by atoms with van der Waals surface area (Å²) in [4.78, 5) is 11.1. The molecule has 2 heteroatoms. The van der Waals surface area contributed by atoms with Crippen LogP contribution >= 0.6 is 0 Å². The first-order valence-electron chi connectivity index (χ1n) is 4.16. The summed E-state index contributed by atoms with van der Waals surface area (Å²) in [5.74, 6) is 0.165. The van der Waals surface area contributed by atoms with Gasteiger partial charge < -0.3 is 5.73 Å². The number of carbonyl (C=O) groups excluding carboxylic acids is 1. The molecule has 0 radical (unpaired) electrons. The minimum atomic E-state index is -0.295. The van der Waals surface area contributed by atoms with E-state index in [-0.39, 0.29) is 11.8 Å². The molecule has 0 aromatic carbocycles. The van der Waals surface area contributed by atoms with Crippen LogP contribution in [0.3, 0.4) is 0 Å². The van der Waals surface area contributed by atoms with E-state index in [0.717, 1.165) is 12.8 Å². The largest absolute Gasteiger partial charge is 0.322 e. The Balaban J connectivity index is 2.35. The molecule has 0 aromatic heterocycles. The van der Waals surface area contributed by atoms with E-state index >= 15 is 0 Å². The van der Waals surface area contributed by atoms with Gasteiger partial charge in [0.15, 0.2) is 5.78 Å². The van der Waals surface area contributed by atoms with Crippen molar-refractivity contribution in [1.29, 1.82) is 0 Å². The topological polar surface area (TPSA) is 43.1 Å². The molecule has 1 rings (SSSR count). The number of allylic oxidation sites excluding steroid dienone is 2. The summed E-state index contributed by atoms with van der Waals surface area (Å²) in [6.45, 7) is 1.75. The molecular weight excluding hydrogens is 138 g/mol. The van der Waals surface area contributed by atoms with Crippen LogP contribution < -0.4 is 5.73 Å². The maximum absolute atomic E-state index is 11.1. The number of hydrogen-bond donors (Lipinski definition) is 1. The van der Waals surface area contributed by atoms with E-state index < -0.39 is 0 Å². The van der Waals surface area contributed by atoms with Crippen LogP contribution in [-0.2, 0) is 4.79 Å². The van der Waals surface area contributed by atoms with Gasteiger partial charge in [-0.3, -0.25) is 4.79 Å². The van der Waals surface area contributed by atoms with E-state index in [2.05, 4.69) is 6.08 Å². The standard InChI is InChI=1S/C9H15NO/c1-7(10)9(11)6-8-4-2-3-5-8/h4,7H,2-3,5-6,10H2,1H3. The first kappa shape index (κ1) is 8.47. The van der Waals surface area contributed by atoms with Gasteiger partial charge in [-0.15, -0.1) is 0 Å². The monoisotopic (exact) mass is 153 g/mol. The number of nitrogens with two attached hydrogens (primary N) is 1. The third-order valence-electron chi connectivity index (χ3n) is 2.04. The van der Waals surface area contributed by atoms with Crippen LogP contribution in [0.5, 0.6) is 0 Å². The van der Waals surface area contributed by atoms with Crippen molar-refractivity contribution in [2.24, 2.45) is 5.73 Å². The molecule has 0 spiro atoms. The Morgan fingerprint density at radius 1 is 1.82 bits per heavy atom. The fourth-order valence-corrected chi connectivity index (χ4v) is 1.28. The molecule has 1 aliphatic carbocycles. The zero-order valence-corrected chi connectivity index (χ0v) is 6.97. The van der Waals surface area contributed by atoms with Gasteiger partial charge >= 0.3 is 0 Å². The smallest absolute Gasteiger partial charge is 0.153 e. The summed E-state index contributed by atoms with van der Waals surface area (Å²) in [5.41, 5.74) is 6.72. The molecule has 11 heavy (non-hydrogen) atoms. The molecule has 62 valence electrons. The van der Waals surface area contributed by atoms with E-state index in [1.807, 2.05) is 0 Å². The van der Waals surface area contributed by atoms with E-state index in [4.69, 9.17) is 5.73 Å². The first-order chi connectivity index (χ1) is 5.20. The number of ketones is 1. The second kappa shape index (κ2) is 3.67. The summed E-state index contributed by atoms with van der Waals surface area (Å²) in [6.07, 6.45) is 6.19. The summed E-state index contributed by atoms with van der Waals surface area (Å²) >= 11 is 0. The van der Waals surface area contributed by atoms with E-state index in [1.54, 1.807) is 6.92 Å². The highest BCUT2D eigenvalue weighted by molar-refractivity contribution is 5.85. The highest BCUT2D eigenvalue weighted by Gasteiger charge is 2.12. The van der Waals surface area contributed by atoms with Gasteiger partial charge in [-0.2, -0.15) is 0 Å². The van der Waals surface area contributed by atoms with Crippen molar-refractivity contribution in [2.45, 2.75) is 38.6 Å². The Morgan fingerprint density at radius 2 is 2.55 bits per heavy atom. The van der Waals surface area contributed by atoms with Crippen LogP contribution in [0.25, 0.3) is 0 Å². The summed E-state index contributed by atoms with van der Waals surface area (Å²) < 4.78 is 0. The predicted octanol–water partition coefficient (Wildman–Crippen LogP) is 1.40. The second-order valence-corrected chi connectivity index (χ2v) is 3.19. The molecule has 1 unspecified atom stereocenters. The molecule has 1 atom stereocenters. The van der Waals surface area contributed by atoms with E-state index in [0.29, 0.717) is 6.42 Å². The molecule has 0 fully saturated rings. The fourth-order valence-electron chi connectivity index (χ4n) is 1.28. The average Bonchev–Trinajstić information content (AvgIpc) is 2.39. The van der Waals surface area contributed by atoms with Crippen LogP contribution in [-0.4, -0.2) is 11.8 Å². The molecule has 0 aliphatic heterocycles. The quantitative estimate of drug-likeness (QED) is 0.623. The lowest BCUT2D eigenvalue weighted by Crippen LogP contribution is -2.26. The van der Waals surface area contributed by atoms with Crippen LogP contribution in [0.1, 0.15) is 32.6 Å². The Kier molecular flexibility index (Phi) is 2.83. The Morgan fingerprint density at radius 3 is 3.00 bits per heavy atom. The van der Waals surface area contributed by atoms with Gasteiger partial charge in [0, 0.05) is 6.42 Å². The molecule has 0 bridgehead atoms. The highest BCUT2D eigenvalue weighted by Crippen LogP contribution is 2.20. The molecule has 0 saturated carbocycles. The molecule has 2 nitrogen and oxygen atoms in total. The van der Waals surface area contributed by atoms with Gasteiger partial charge in [0.2, 0.25) is 0 Å². The summed E-state index contributed by atoms with van der Waals surface area (Å²) in [5, 5.41) is 0. The summed E-state index contributed by atoms with van der Waals surface area (Å²) in [7, 11) is 0. The zero-order chi connectivity index (χ0) is 8.27. The van der Waals surface area contributed by atoms with Crippen molar-refractivity contribution in [3.8, 4) is 0 Å². The molecular formula is C9H15NO. The minimum Gasteiger partial charge on any atom is -0.322 e. The van der Waals surface area contributed by atoms with E-state index in [1.165, 1.54) is 12.0 Å². The van der Waals surface area contributed by atoms with Crippen molar-refractivity contribution in [2.75, 3.05) is 0 Å². The van der Waals surface area contributed by atoms with Gasteiger partial charge in [-0.05, 0) is 26.2 Å². The minimum absolute atomic E-state index is 0.165. The molecule has 2 N–H and O–H groups in total. The Labute approximate surface area is 67.5 Å². The van der Waals surface area contributed by atoms with Gasteiger partial charge in [0.05, 0.1) is 6.04 Å². The third kappa shape index (κ3) is 2.46. The molecule has 0 amide bonds. The number of carbonyl (C=O) groups is 1. The van der Waals surface area contributed by atoms with Crippen molar-refractivity contribution in [1.82, 2.24) is 0 Å². The van der Waals surface area contributed by atoms with Gasteiger partial charge in [0.25, 0.3) is 0 Å². The lowest BCUT2D eigenvalue weighted by Gasteiger charge is -2.03. The first-order valence-corrected chi connectivity index (χ1v) is 4.16. The fraction of sp³-hybridized carbons (Fsp3) is 0.667. The SMILES string of the molecule is CC(N)C(=O)CC1=CCCC1. The normalized spacial score (nSPS) is 19.6. The second-order valence-electron chi connectivity index (χ2n) is 3.19. The van der Waals surface area contributed by atoms with Crippen molar-refractivity contribution >= 4 is 5.78 Å². The lowest BCUT2D eigenvalue weighted by molar-refractivity contribution is -0.119. The molecule has 0 saturated heterocycles. The number of Topliss-reactive ketones (excluding diaryl/α,β-unsaturated/α-hetero) is 1. The highest BCUT2D eigenvalue weighted by atomic mass is 16.1. The van der Waals surface area contributed by atoms with Gasteiger partial charge in [-0.25, -0.2) is 0 Å². The maximum atomic E-state index is 11.1. The van der Waals surface area contributed by atoms with Gasteiger partial charge in [0.1, 0.15) is 0 Å². The summed E-state index contributed by atoms with van der Waals surface area (Å²) in [6, 6.07) is -0.295. The van der Waals surface area contributed by atoms with Crippen molar-refractivity contribution < 1.29 is 4.79 Å². The molecule has 0 aromatic rings. The van der Waals surface area contributed by atoms with Crippen LogP contribution in [0.15, 0.2) is 11.6 Å². The number of hydrogen-bond acceptors (Lipinski definition) is 2. The molecule has 1 aliphatic rings. The van der Waals surface area contributed by atoms with Crippen LogP contribution in [0.4, 0.5) is 0 Å².